The Hall–Kier alpha value is -2.02. The molecule has 0 amide bonds. The molecule has 6 nitrogen and oxygen atoms in total. The summed E-state index contributed by atoms with van der Waals surface area (Å²) in [5.41, 5.74) is 13.6. The van der Waals surface area contributed by atoms with Crippen LogP contribution in [0, 0.1) is 0 Å². The number of nitrogens with zero attached hydrogens (tertiary/aromatic N) is 1. The van der Waals surface area contributed by atoms with E-state index in [4.69, 9.17) is 16.2 Å². The largest absolute Gasteiger partial charge is 0.462 e. The number of fused-ring (bicyclic) bond motifs is 1. The van der Waals surface area contributed by atoms with Gasteiger partial charge in [0.1, 0.15) is 4.88 Å². The highest BCUT2D eigenvalue weighted by atomic mass is 32.1. The maximum absolute atomic E-state index is 12.0. The lowest BCUT2D eigenvalue weighted by Crippen LogP contribution is -2.36. The summed E-state index contributed by atoms with van der Waals surface area (Å²) in [7, 11) is 0. The molecule has 0 unspecified atom stereocenters. The zero-order valence-electron chi connectivity index (χ0n) is 12.5. The highest BCUT2D eigenvalue weighted by Crippen LogP contribution is 2.37. The predicted octanol–water partition coefficient (Wildman–Crippen LogP) is 1.98. The summed E-state index contributed by atoms with van der Waals surface area (Å²) in [6.45, 7) is 7.55. The minimum absolute atomic E-state index is 0.322. The number of hydrogen-bond donors (Lipinski definition) is 3. The Balaban J connectivity index is 2.75. The van der Waals surface area contributed by atoms with Gasteiger partial charge in [0.15, 0.2) is 4.83 Å². The lowest BCUT2D eigenvalue weighted by atomic mass is 10.2. The summed E-state index contributed by atoms with van der Waals surface area (Å²) in [5.74, 6) is 0.248. The second kappa shape index (κ2) is 6.17. The van der Waals surface area contributed by atoms with Crippen LogP contribution < -0.4 is 21.4 Å². The van der Waals surface area contributed by atoms with Gasteiger partial charge in [0, 0.05) is 6.54 Å². The zero-order chi connectivity index (χ0) is 15.6. The van der Waals surface area contributed by atoms with Crippen molar-refractivity contribution in [3.05, 3.63) is 10.9 Å². The predicted molar refractivity (Wildman–Crippen MR) is 86.6 cm³/mol. The Labute approximate surface area is 127 Å². The molecular weight excluding hydrogens is 288 g/mol. The number of ether oxygens (including phenoxy) is 1. The molecule has 0 aromatic carbocycles. The van der Waals surface area contributed by atoms with Gasteiger partial charge in [-0.3, -0.25) is 5.73 Å². The number of anilines is 3. The Bertz CT molecular complexity index is 681. The smallest absolute Gasteiger partial charge is 0.350 e. The van der Waals surface area contributed by atoms with Crippen LogP contribution in [0.2, 0.25) is 0 Å². The van der Waals surface area contributed by atoms with Crippen molar-refractivity contribution in [3.63, 3.8) is 0 Å². The quantitative estimate of drug-likeness (QED) is 0.580. The van der Waals surface area contributed by atoms with Crippen LogP contribution >= 0.6 is 11.3 Å². The number of carbonyl (C=O) groups excluding carboxylic acids is 1. The first-order valence-corrected chi connectivity index (χ1v) is 7.81. The molecule has 5 N–H and O–H groups in total. The lowest BCUT2D eigenvalue weighted by Gasteiger charge is -2.08. The van der Waals surface area contributed by atoms with E-state index in [-0.39, 0.29) is 5.97 Å². The first kappa shape index (κ1) is 15.4. The Kier molecular flexibility index (Phi) is 4.52. The monoisotopic (exact) mass is 309 g/mol. The molecule has 0 aliphatic rings. The molecule has 0 atom stereocenters. The lowest BCUT2D eigenvalue weighted by molar-refractivity contribution is -0.651. The van der Waals surface area contributed by atoms with Crippen molar-refractivity contribution >= 4 is 44.7 Å². The molecule has 2 aromatic rings. The molecule has 0 saturated carbocycles. The highest BCUT2D eigenvalue weighted by Gasteiger charge is 2.25. The second-order valence-corrected chi connectivity index (χ2v) is 5.50. The molecule has 0 bridgehead atoms. The summed E-state index contributed by atoms with van der Waals surface area (Å²) in [6, 6.07) is 1.85. The number of rotatable bonds is 5. The molecule has 0 radical (unpaired) electrons. The van der Waals surface area contributed by atoms with Crippen molar-refractivity contribution in [2.45, 2.75) is 27.3 Å². The van der Waals surface area contributed by atoms with Gasteiger partial charge < -0.3 is 15.8 Å². The third-order valence-corrected chi connectivity index (χ3v) is 4.40. The van der Waals surface area contributed by atoms with E-state index >= 15 is 0 Å². The molecule has 7 heteroatoms. The Morgan fingerprint density at radius 2 is 2.10 bits per heavy atom. The number of hydrogen-bond acceptors (Lipinski definition) is 6. The van der Waals surface area contributed by atoms with Gasteiger partial charge in [-0.25, -0.2) is 9.36 Å². The van der Waals surface area contributed by atoms with E-state index in [2.05, 4.69) is 5.32 Å². The van der Waals surface area contributed by atoms with Crippen LogP contribution in [-0.2, 0) is 11.3 Å². The molecule has 2 heterocycles. The molecule has 2 aromatic heterocycles. The van der Waals surface area contributed by atoms with Gasteiger partial charge in [0.05, 0.1) is 36.0 Å². The SMILES string of the molecule is CCNc1cc(N)[n+](CC)c2sc(C(=O)OCC)c(N)c12. The Morgan fingerprint density at radius 1 is 1.38 bits per heavy atom. The van der Waals surface area contributed by atoms with Crippen LogP contribution in [0.5, 0.6) is 0 Å². The molecule has 2 rings (SSSR count). The normalized spacial score (nSPS) is 10.8. The fourth-order valence-electron chi connectivity index (χ4n) is 2.30. The molecular formula is C14H21N4O2S+. The van der Waals surface area contributed by atoms with E-state index in [1.54, 1.807) is 6.92 Å². The van der Waals surface area contributed by atoms with Crippen LogP contribution in [0.3, 0.4) is 0 Å². The minimum atomic E-state index is -0.389. The molecule has 0 saturated heterocycles. The fourth-order valence-corrected chi connectivity index (χ4v) is 3.52. The molecule has 0 aliphatic carbocycles. The van der Waals surface area contributed by atoms with E-state index < -0.39 is 0 Å². The van der Waals surface area contributed by atoms with Crippen LogP contribution in [0.15, 0.2) is 6.07 Å². The summed E-state index contributed by atoms with van der Waals surface area (Å²) in [6.07, 6.45) is 0. The van der Waals surface area contributed by atoms with Crippen LogP contribution in [0.4, 0.5) is 17.2 Å². The standard InChI is InChI=1S/C14H20N4O2S/c1-4-17-8-7-9(15)18(5-2)13-10(8)11(16)12(21-13)14(19)20-6-3/h7H,4-6H2,1-3H3,(H4,15,16,17,19)/p+1. The maximum Gasteiger partial charge on any atom is 0.350 e. The highest BCUT2D eigenvalue weighted by molar-refractivity contribution is 7.20. The van der Waals surface area contributed by atoms with E-state index in [1.807, 2.05) is 24.5 Å². The number of carbonyl (C=O) groups is 1. The van der Waals surface area contributed by atoms with Crippen molar-refractivity contribution < 1.29 is 14.1 Å². The van der Waals surface area contributed by atoms with E-state index in [0.717, 1.165) is 22.4 Å². The molecule has 0 fully saturated rings. The minimum Gasteiger partial charge on any atom is -0.462 e. The molecule has 21 heavy (non-hydrogen) atoms. The summed E-state index contributed by atoms with van der Waals surface area (Å²) >= 11 is 1.32. The van der Waals surface area contributed by atoms with Crippen molar-refractivity contribution in [1.82, 2.24) is 0 Å². The first-order valence-electron chi connectivity index (χ1n) is 7.00. The number of nitrogen functional groups attached to an aromatic ring is 2. The topological polar surface area (TPSA) is 94.2 Å². The van der Waals surface area contributed by atoms with Crippen LogP contribution in [0.1, 0.15) is 30.4 Å². The average molecular weight is 309 g/mol. The van der Waals surface area contributed by atoms with Gasteiger partial charge in [-0.15, -0.1) is 0 Å². The first-order chi connectivity index (χ1) is 10.0. The zero-order valence-corrected chi connectivity index (χ0v) is 13.3. The third-order valence-electron chi connectivity index (χ3n) is 3.19. The van der Waals surface area contributed by atoms with Gasteiger partial charge in [-0.05, 0) is 20.8 Å². The Morgan fingerprint density at radius 3 is 2.67 bits per heavy atom. The van der Waals surface area contributed by atoms with Gasteiger partial charge in [0.2, 0.25) is 0 Å². The number of esters is 1. The molecule has 0 aliphatic heterocycles. The van der Waals surface area contributed by atoms with Crippen molar-refractivity contribution in [1.29, 1.82) is 0 Å². The van der Waals surface area contributed by atoms with Gasteiger partial charge in [-0.2, -0.15) is 0 Å². The number of aryl methyl sites for hydroxylation is 1. The van der Waals surface area contributed by atoms with Crippen molar-refractivity contribution in [2.75, 3.05) is 29.9 Å². The van der Waals surface area contributed by atoms with Gasteiger partial charge in [-0.1, -0.05) is 11.3 Å². The fraction of sp³-hybridized carbons (Fsp3) is 0.429. The summed E-state index contributed by atoms with van der Waals surface area (Å²) in [5, 5.41) is 4.08. The van der Waals surface area contributed by atoms with Gasteiger partial charge >= 0.3 is 5.97 Å². The summed E-state index contributed by atoms with van der Waals surface area (Å²) < 4.78 is 7.02. The van der Waals surface area contributed by atoms with Crippen molar-refractivity contribution in [2.24, 2.45) is 0 Å². The maximum atomic E-state index is 12.0. The number of aromatic nitrogens is 1. The van der Waals surface area contributed by atoms with Crippen LogP contribution in [0.25, 0.3) is 10.2 Å². The summed E-state index contributed by atoms with van der Waals surface area (Å²) in [4.78, 5) is 13.3. The van der Waals surface area contributed by atoms with E-state index in [1.165, 1.54) is 11.3 Å². The van der Waals surface area contributed by atoms with Crippen molar-refractivity contribution in [3.8, 4) is 0 Å². The van der Waals surface area contributed by atoms with E-state index in [0.29, 0.717) is 29.5 Å². The number of nitrogens with one attached hydrogen (secondary N) is 1. The average Bonchev–Trinajstić information content (AvgIpc) is 2.78. The second-order valence-electron chi connectivity index (χ2n) is 4.50. The number of nitrogens with two attached hydrogens (primary N) is 2. The van der Waals surface area contributed by atoms with E-state index in [9.17, 15) is 4.79 Å². The van der Waals surface area contributed by atoms with Crippen LogP contribution in [-0.4, -0.2) is 19.1 Å². The molecule has 0 spiro atoms. The van der Waals surface area contributed by atoms with Gasteiger partial charge in [0.25, 0.3) is 5.82 Å². The molecule has 114 valence electrons. The third kappa shape index (κ3) is 2.61. The number of thiophene rings is 1. The number of pyridine rings is 1.